The minimum atomic E-state index is 0.310. The van der Waals surface area contributed by atoms with Crippen LogP contribution >= 0.6 is 0 Å². The fourth-order valence-electron chi connectivity index (χ4n) is 3.09. The van der Waals surface area contributed by atoms with E-state index >= 15 is 0 Å². The minimum absolute atomic E-state index is 0.310. The third kappa shape index (κ3) is 2.32. The predicted molar refractivity (Wildman–Crippen MR) is 82.3 cm³/mol. The molecule has 1 aliphatic heterocycles. The zero-order chi connectivity index (χ0) is 13.9. The highest BCUT2D eigenvalue weighted by Gasteiger charge is 2.32. The highest BCUT2D eigenvalue weighted by Crippen LogP contribution is 2.41. The summed E-state index contributed by atoms with van der Waals surface area (Å²) in [6.07, 6.45) is 0. The number of nitrogens with one attached hydrogen (secondary N) is 1. The molecule has 0 spiro atoms. The quantitative estimate of drug-likeness (QED) is 0.909. The number of ether oxygens (including phenoxy) is 1. The van der Waals surface area contributed by atoms with Crippen molar-refractivity contribution in [2.75, 3.05) is 13.2 Å². The van der Waals surface area contributed by atoms with Crippen LogP contribution in [-0.2, 0) is 0 Å². The first-order valence-corrected chi connectivity index (χ1v) is 7.32. The van der Waals surface area contributed by atoms with Crippen molar-refractivity contribution < 1.29 is 4.74 Å². The first-order valence-electron chi connectivity index (χ1n) is 7.32. The Morgan fingerprint density at radius 3 is 2.70 bits per heavy atom. The molecule has 0 aromatic heterocycles. The van der Waals surface area contributed by atoms with E-state index in [1.165, 1.54) is 16.7 Å². The molecular formula is C18H21NO. The molecule has 0 amide bonds. The SMILES string of the molecule is CCNC(c1ccccc1C)C1COc2ccccc21. The van der Waals surface area contributed by atoms with Gasteiger partial charge in [0, 0.05) is 17.5 Å². The summed E-state index contributed by atoms with van der Waals surface area (Å²) in [5.41, 5.74) is 4.03. The van der Waals surface area contributed by atoms with Crippen molar-refractivity contribution in [3.8, 4) is 5.75 Å². The highest BCUT2D eigenvalue weighted by molar-refractivity contribution is 5.43. The maximum absolute atomic E-state index is 5.86. The van der Waals surface area contributed by atoms with Gasteiger partial charge in [-0.25, -0.2) is 0 Å². The van der Waals surface area contributed by atoms with Crippen molar-refractivity contribution >= 4 is 0 Å². The zero-order valence-electron chi connectivity index (χ0n) is 12.1. The van der Waals surface area contributed by atoms with Crippen molar-refractivity contribution in [2.45, 2.75) is 25.8 Å². The first kappa shape index (κ1) is 13.2. The van der Waals surface area contributed by atoms with E-state index in [1.54, 1.807) is 0 Å². The molecule has 0 saturated heterocycles. The fourth-order valence-corrected chi connectivity index (χ4v) is 3.09. The summed E-state index contributed by atoms with van der Waals surface area (Å²) in [5.74, 6) is 1.42. The second-order valence-electron chi connectivity index (χ2n) is 5.35. The lowest BCUT2D eigenvalue weighted by Gasteiger charge is -2.25. The summed E-state index contributed by atoms with van der Waals surface area (Å²) in [5, 5.41) is 3.64. The Bertz CT molecular complexity index is 593. The molecule has 2 atom stereocenters. The average Bonchev–Trinajstić information content (AvgIpc) is 2.90. The van der Waals surface area contributed by atoms with Crippen LogP contribution in [0.1, 0.15) is 35.6 Å². The molecule has 0 saturated carbocycles. The molecule has 104 valence electrons. The fraction of sp³-hybridized carbons (Fsp3) is 0.333. The number of rotatable bonds is 4. The van der Waals surface area contributed by atoms with Crippen LogP contribution in [0.25, 0.3) is 0 Å². The Labute approximate surface area is 120 Å². The van der Waals surface area contributed by atoms with Crippen LogP contribution < -0.4 is 10.1 Å². The lowest BCUT2D eigenvalue weighted by Crippen LogP contribution is -2.28. The molecule has 0 aliphatic carbocycles. The van der Waals surface area contributed by atoms with Crippen LogP contribution in [0.5, 0.6) is 5.75 Å². The third-order valence-electron chi connectivity index (χ3n) is 4.09. The summed E-state index contributed by atoms with van der Waals surface area (Å²) in [7, 11) is 0. The lowest BCUT2D eigenvalue weighted by molar-refractivity contribution is 0.300. The second-order valence-corrected chi connectivity index (χ2v) is 5.35. The Balaban J connectivity index is 1.99. The number of para-hydroxylation sites is 1. The monoisotopic (exact) mass is 267 g/mol. The molecule has 3 rings (SSSR count). The zero-order valence-corrected chi connectivity index (χ0v) is 12.1. The van der Waals surface area contributed by atoms with Gasteiger partial charge in [0.05, 0.1) is 6.61 Å². The third-order valence-corrected chi connectivity index (χ3v) is 4.09. The number of fused-ring (bicyclic) bond motifs is 1. The number of aryl methyl sites for hydroxylation is 1. The Morgan fingerprint density at radius 2 is 1.90 bits per heavy atom. The van der Waals surface area contributed by atoms with E-state index in [0.717, 1.165) is 18.9 Å². The second kappa shape index (κ2) is 5.68. The van der Waals surface area contributed by atoms with E-state index in [1.807, 2.05) is 6.07 Å². The summed E-state index contributed by atoms with van der Waals surface area (Å²) in [6.45, 7) is 6.05. The predicted octanol–water partition coefficient (Wildman–Crippen LogP) is 3.82. The van der Waals surface area contributed by atoms with Crippen LogP contribution in [0.15, 0.2) is 48.5 Å². The summed E-state index contributed by atoms with van der Waals surface area (Å²) < 4.78 is 5.86. The molecule has 20 heavy (non-hydrogen) atoms. The summed E-state index contributed by atoms with van der Waals surface area (Å²) >= 11 is 0. The highest BCUT2D eigenvalue weighted by atomic mass is 16.5. The number of hydrogen-bond donors (Lipinski definition) is 1. The van der Waals surface area contributed by atoms with Crippen LogP contribution in [-0.4, -0.2) is 13.2 Å². The van der Waals surface area contributed by atoms with Gasteiger partial charge in [0.25, 0.3) is 0 Å². The van der Waals surface area contributed by atoms with Crippen molar-refractivity contribution in [2.24, 2.45) is 0 Å². The summed E-state index contributed by atoms with van der Waals surface area (Å²) in [4.78, 5) is 0. The van der Waals surface area contributed by atoms with Gasteiger partial charge in [-0.3, -0.25) is 0 Å². The molecule has 0 radical (unpaired) electrons. The number of likely N-dealkylation sites (N-methyl/N-ethyl adjacent to an activating group) is 1. The number of benzene rings is 2. The van der Waals surface area contributed by atoms with Crippen LogP contribution in [0, 0.1) is 6.92 Å². The van der Waals surface area contributed by atoms with Crippen molar-refractivity contribution in [3.63, 3.8) is 0 Å². The topological polar surface area (TPSA) is 21.3 Å². The maximum atomic E-state index is 5.86. The Kier molecular flexibility index (Phi) is 3.75. The van der Waals surface area contributed by atoms with E-state index < -0.39 is 0 Å². The maximum Gasteiger partial charge on any atom is 0.122 e. The van der Waals surface area contributed by atoms with Crippen LogP contribution in [0.2, 0.25) is 0 Å². The van der Waals surface area contributed by atoms with Gasteiger partial charge in [-0.05, 0) is 30.7 Å². The van der Waals surface area contributed by atoms with Crippen molar-refractivity contribution in [1.29, 1.82) is 0 Å². The molecule has 0 bridgehead atoms. The standard InChI is InChI=1S/C18H21NO/c1-3-19-18(14-9-5-4-8-13(14)2)16-12-20-17-11-7-6-10-15(16)17/h4-11,16,18-19H,3,12H2,1-2H3. The Morgan fingerprint density at radius 1 is 1.15 bits per heavy atom. The van der Waals surface area contributed by atoms with Gasteiger partial charge in [0.2, 0.25) is 0 Å². The number of hydrogen-bond acceptors (Lipinski definition) is 2. The van der Waals surface area contributed by atoms with E-state index in [2.05, 4.69) is 61.6 Å². The van der Waals surface area contributed by atoms with E-state index in [9.17, 15) is 0 Å². The van der Waals surface area contributed by atoms with Gasteiger partial charge in [-0.1, -0.05) is 49.4 Å². The van der Waals surface area contributed by atoms with Gasteiger partial charge in [0.1, 0.15) is 5.75 Å². The molecule has 2 unspecified atom stereocenters. The summed E-state index contributed by atoms with van der Waals surface area (Å²) in [6, 6.07) is 17.3. The van der Waals surface area contributed by atoms with Gasteiger partial charge in [-0.15, -0.1) is 0 Å². The minimum Gasteiger partial charge on any atom is -0.493 e. The molecule has 2 aromatic rings. The van der Waals surface area contributed by atoms with Crippen molar-refractivity contribution in [1.82, 2.24) is 5.32 Å². The molecule has 1 N–H and O–H groups in total. The molecule has 2 heteroatoms. The molecule has 0 fully saturated rings. The van der Waals surface area contributed by atoms with Gasteiger partial charge >= 0.3 is 0 Å². The molecule has 2 nitrogen and oxygen atoms in total. The molecule has 1 heterocycles. The first-order chi connectivity index (χ1) is 9.81. The average molecular weight is 267 g/mol. The largest absolute Gasteiger partial charge is 0.493 e. The van der Waals surface area contributed by atoms with Gasteiger partial charge < -0.3 is 10.1 Å². The van der Waals surface area contributed by atoms with Gasteiger partial charge in [0.15, 0.2) is 0 Å². The molecule has 2 aromatic carbocycles. The molecular weight excluding hydrogens is 246 g/mol. The van der Waals surface area contributed by atoms with Crippen LogP contribution in [0.4, 0.5) is 0 Å². The Hall–Kier alpha value is -1.80. The van der Waals surface area contributed by atoms with Crippen molar-refractivity contribution in [3.05, 3.63) is 65.2 Å². The van der Waals surface area contributed by atoms with Crippen LogP contribution in [0.3, 0.4) is 0 Å². The van der Waals surface area contributed by atoms with E-state index in [0.29, 0.717) is 12.0 Å². The normalized spacial score (nSPS) is 18.4. The molecule has 1 aliphatic rings. The van der Waals surface area contributed by atoms with E-state index in [-0.39, 0.29) is 0 Å². The lowest BCUT2D eigenvalue weighted by atomic mass is 9.86. The van der Waals surface area contributed by atoms with E-state index in [4.69, 9.17) is 4.74 Å². The van der Waals surface area contributed by atoms with Gasteiger partial charge in [-0.2, -0.15) is 0 Å². The smallest absolute Gasteiger partial charge is 0.122 e.